The van der Waals surface area contributed by atoms with Crippen molar-refractivity contribution in [2.75, 3.05) is 5.32 Å². The van der Waals surface area contributed by atoms with E-state index in [1.807, 2.05) is 25.2 Å². The molecule has 7 heteroatoms. The number of anilines is 1. The molecule has 0 spiro atoms. The van der Waals surface area contributed by atoms with Crippen molar-refractivity contribution in [3.63, 3.8) is 0 Å². The van der Waals surface area contributed by atoms with E-state index in [2.05, 4.69) is 17.3 Å². The van der Waals surface area contributed by atoms with Crippen LogP contribution < -0.4 is 11.1 Å². The van der Waals surface area contributed by atoms with Crippen molar-refractivity contribution in [2.24, 2.45) is 12.8 Å². The van der Waals surface area contributed by atoms with Crippen LogP contribution in [0.15, 0.2) is 30.6 Å². The third-order valence-corrected chi connectivity index (χ3v) is 3.74. The van der Waals surface area contributed by atoms with Gasteiger partial charge in [0, 0.05) is 30.8 Å². The standard InChI is InChI=1S/C15H18N4O.2ClH/c1-9-3-4-10(5-12(9)13-6-14(13)16)15(20)18-11-7-17-19(2)8-11;;/h3-5,7-8,13-14H,6,16H2,1-2H3,(H,18,20);2*1H/t13-,14+;;/m0../s1. The molecule has 1 saturated carbocycles. The third kappa shape index (κ3) is 3.80. The van der Waals surface area contributed by atoms with Crippen LogP contribution in [0.3, 0.4) is 0 Å². The second kappa shape index (κ2) is 7.13. The number of hydrogen-bond acceptors (Lipinski definition) is 3. The summed E-state index contributed by atoms with van der Waals surface area (Å²) in [6.07, 6.45) is 4.40. The molecular formula is C15H20Cl2N4O. The molecule has 0 radical (unpaired) electrons. The lowest BCUT2D eigenvalue weighted by Crippen LogP contribution is -2.12. The summed E-state index contributed by atoms with van der Waals surface area (Å²) in [6.45, 7) is 2.06. The van der Waals surface area contributed by atoms with Gasteiger partial charge in [-0.1, -0.05) is 6.07 Å². The van der Waals surface area contributed by atoms with Crippen LogP contribution in [0.25, 0.3) is 0 Å². The van der Waals surface area contributed by atoms with Gasteiger partial charge in [0.1, 0.15) is 0 Å². The van der Waals surface area contributed by atoms with Gasteiger partial charge >= 0.3 is 0 Å². The Labute approximate surface area is 142 Å². The number of benzene rings is 1. The number of aryl methyl sites for hydroxylation is 2. The molecule has 22 heavy (non-hydrogen) atoms. The van der Waals surface area contributed by atoms with Crippen molar-refractivity contribution in [3.05, 3.63) is 47.3 Å². The zero-order valence-corrected chi connectivity index (χ0v) is 14.1. The molecule has 0 unspecified atom stereocenters. The van der Waals surface area contributed by atoms with Gasteiger partial charge in [0.2, 0.25) is 0 Å². The normalized spacial score (nSPS) is 18.9. The first kappa shape index (κ1) is 18.5. The summed E-state index contributed by atoms with van der Waals surface area (Å²) >= 11 is 0. The number of nitrogens with one attached hydrogen (secondary N) is 1. The van der Waals surface area contributed by atoms with Crippen molar-refractivity contribution in [1.82, 2.24) is 9.78 Å². The molecule has 2 atom stereocenters. The lowest BCUT2D eigenvalue weighted by molar-refractivity contribution is 0.102. The largest absolute Gasteiger partial charge is 0.327 e. The highest BCUT2D eigenvalue weighted by Gasteiger charge is 2.36. The summed E-state index contributed by atoms with van der Waals surface area (Å²) in [7, 11) is 1.81. The van der Waals surface area contributed by atoms with Gasteiger partial charge in [-0.3, -0.25) is 9.48 Å². The first-order valence-corrected chi connectivity index (χ1v) is 6.70. The second-order valence-electron chi connectivity index (χ2n) is 5.43. The maximum Gasteiger partial charge on any atom is 0.255 e. The van der Waals surface area contributed by atoms with Crippen LogP contribution >= 0.6 is 24.8 Å². The van der Waals surface area contributed by atoms with Crippen molar-refractivity contribution >= 4 is 36.4 Å². The molecule has 120 valence electrons. The third-order valence-electron chi connectivity index (χ3n) is 3.74. The van der Waals surface area contributed by atoms with Crippen LogP contribution in [-0.2, 0) is 7.05 Å². The summed E-state index contributed by atoms with van der Waals surface area (Å²) in [5.74, 6) is 0.287. The molecule has 1 aromatic heterocycles. The van der Waals surface area contributed by atoms with E-state index < -0.39 is 0 Å². The van der Waals surface area contributed by atoms with Crippen LogP contribution in [0.1, 0.15) is 33.8 Å². The average Bonchev–Trinajstić information content (AvgIpc) is 2.99. The monoisotopic (exact) mass is 342 g/mol. The zero-order chi connectivity index (χ0) is 14.3. The molecule has 0 saturated heterocycles. The van der Waals surface area contributed by atoms with Crippen molar-refractivity contribution < 1.29 is 4.79 Å². The number of halogens is 2. The number of rotatable bonds is 3. The van der Waals surface area contributed by atoms with Crippen LogP contribution in [0.2, 0.25) is 0 Å². The molecule has 1 aliphatic carbocycles. The van der Waals surface area contributed by atoms with E-state index >= 15 is 0 Å². The number of carbonyl (C=O) groups excluding carboxylic acids is 1. The fraction of sp³-hybridized carbons (Fsp3) is 0.333. The Kier molecular flexibility index (Phi) is 6.00. The number of nitrogens with zero attached hydrogens (tertiary/aromatic N) is 2. The summed E-state index contributed by atoms with van der Waals surface area (Å²) in [5, 5.41) is 6.87. The topological polar surface area (TPSA) is 72.9 Å². The van der Waals surface area contributed by atoms with Crippen LogP contribution in [0.5, 0.6) is 0 Å². The Morgan fingerprint density at radius 1 is 1.41 bits per heavy atom. The lowest BCUT2D eigenvalue weighted by Gasteiger charge is -2.08. The van der Waals surface area contributed by atoms with E-state index in [4.69, 9.17) is 5.73 Å². The van der Waals surface area contributed by atoms with E-state index in [9.17, 15) is 4.79 Å². The van der Waals surface area contributed by atoms with Gasteiger partial charge in [-0.25, -0.2) is 0 Å². The van der Waals surface area contributed by atoms with Gasteiger partial charge in [-0.15, -0.1) is 24.8 Å². The van der Waals surface area contributed by atoms with Gasteiger partial charge in [0.25, 0.3) is 5.91 Å². The Balaban J connectivity index is 0.00000121. The van der Waals surface area contributed by atoms with Crippen LogP contribution in [0, 0.1) is 6.92 Å². The molecule has 2 aromatic rings. The molecule has 1 fully saturated rings. The summed E-state index contributed by atoms with van der Waals surface area (Å²) in [4.78, 5) is 12.2. The summed E-state index contributed by atoms with van der Waals surface area (Å²) < 4.78 is 1.65. The minimum Gasteiger partial charge on any atom is -0.327 e. The van der Waals surface area contributed by atoms with Gasteiger partial charge in [0.15, 0.2) is 0 Å². The van der Waals surface area contributed by atoms with Crippen molar-refractivity contribution in [3.8, 4) is 0 Å². The molecule has 1 aliphatic rings. The SMILES string of the molecule is Cc1ccc(C(=O)Nc2cnn(C)c2)cc1[C@@H]1C[C@H]1N.Cl.Cl. The summed E-state index contributed by atoms with van der Waals surface area (Å²) in [6, 6.07) is 6.03. The number of carbonyl (C=O) groups is 1. The molecule has 0 bridgehead atoms. The highest BCUT2D eigenvalue weighted by molar-refractivity contribution is 6.04. The number of aromatic nitrogens is 2. The average molecular weight is 343 g/mol. The Morgan fingerprint density at radius 3 is 2.64 bits per heavy atom. The smallest absolute Gasteiger partial charge is 0.255 e. The molecular weight excluding hydrogens is 323 g/mol. The minimum atomic E-state index is -0.117. The van der Waals surface area contributed by atoms with E-state index in [0.29, 0.717) is 17.2 Å². The molecule has 3 rings (SSSR count). The fourth-order valence-electron chi connectivity index (χ4n) is 2.44. The van der Waals surface area contributed by atoms with Gasteiger partial charge in [-0.05, 0) is 36.6 Å². The Bertz CT molecular complexity index is 671. The first-order valence-electron chi connectivity index (χ1n) is 6.70. The van der Waals surface area contributed by atoms with Gasteiger partial charge in [-0.2, -0.15) is 5.10 Å². The predicted molar refractivity (Wildman–Crippen MR) is 92.2 cm³/mol. The number of amides is 1. The fourth-order valence-corrected chi connectivity index (χ4v) is 2.44. The van der Waals surface area contributed by atoms with Crippen molar-refractivity contribution in [1.29, 1.82) is 0 Å². The van der Waals surface area contributed by atoms with Crippen molar-refractivity contribution in [2.45, 2.75) is 25.3 Å². The zero-order valence-electron chi connectivity index (χ0n) is 12.4. The molecule has 3 N–H and O–H groups in total. The van der Waals surface area contributed by atoms with Crippen LogP contribution in [-0.4, -0.2) is 21.7 Å². The molecule has 0 aliphatic heterocycles. The Hall–Kier alpha value is -1.56. The van der Waals surface area contributed by atoms with E-state index in [1.54, 1.807) is 17.1 Å². The van der Waals surface area contributed by atoms with Gasteiger partial charge < -0.3 is 11.1 Å². The molecule has 5 nitrogen and oxygen atoms in total. The maximum absolute atomic E-state index is 12.2. The lowest BCUT2D eigenvalue weighted by atomic mass is 10.0. The van der Waals surface area contributed by atoms with Gasteiger partial charge in [0.05, 0.1) is 11.9 Å². The molecule has 1 heterocycles. The molecule has 1 amide bonds. The number of nitrogens with two attached hydrogens (primary N) is 1. The minimum absolute atomic E-state index is 0. The van der Waals surface area contributed by atoms with Crippen LogP contribution in [0.4, 0.5) is 5.69 Å². The Morgan fingerprint density at radius 2 is 2.09 bits per heavy atom. The summed E-state index contributed by atoms with van der Waals surface area (Å²) in [5.41, 5.74) is 9.65. The highest BCUT2D eigenvalue weighted by atomic mass is 35.5. The van der Waals surface area contributed by atoms with E-state index in [-0.39, 0.29) is 36.8 Å². The maximum atomic E-state index is 12.2. The molecule has 1 aromatic carbocycles. The number of hydrogen-bond donors (Lipinski definition) is 2. The first-order chi connectivity index (χ1) is 9.54. The predicted octanol–water partition coefficient (Wildman–Crippen LogP) is 2.64. The van der Waals surface area contributed by atoms with E-state index in [0.717, 1.165) is 6.42 Å². The second-order valence-corrected chi connectivity index (χ2v) is 5.43. The highest BCUT2D eigenvalue weighted by Crippen LogP contribution is 2.40. The van der Waals surface area contributed by atoms with E-state index in [1.165, 1.54) is 11.1 Å². The quantitative estimate of drug-likeness (QED) is 0.900.